The summed E-state index contributed by atoms with van der Waals surface area (Å²) in [5.74, 6) is 0. The molecule has 25 heavy (non-hydrogen) atoms. The van der Waals surface area contributed by atoms with Crippen LogP contribution in [0.3, 0.4) is 0 Å². The molecule has 1 fully saturated rings. The van der Waals surface area contributed by atoms with E-state index in [2.05, 4.69) is 47.4 Å². The van der Waals surface area contributed by atoms with Crippen LogP contribution in [0.1, 0.15) is 41.7 Å². The normalized spacial score (nSPS) is 22.4. The number of aliphatic hydroxyl groups excluding tert-OH is 1. The molecule has 1 aromatic carbocycles. The van der Waals surface area contributed by atoms with Gasteiger partial charge in [0.05, 0.1) is 31.1 Å². The molecule has 2 atom stereocenters. The quantitative estimate of drug-likeness (QED) is 0.877. The van der Waals surface area contributed by atoms with Crippen molar-refractivity contribution < 1.29 is 9.84 Å². The predicted octanol–water partition coefficient (Wildman–Crippen LogP) is 2.50. The Labute approximate surface area is 149 Å². The van der Waals surface area contributed by atoms with E-state index >= 15 is 0 Å². The lowest BCUT2D eigenvalue weighted by molar-refractivity contribution is -0.0409. The topological polar surface area (TPSA) is 50.5 Å². The molecule has 0 spiro atoms. The van der Waals surface area contributed by atoms with E-state index in [9.17, 15) is 5.11 Å². The first-order chi connectivity index (χ1) is 12.2. The van der Waals surface area contributed by atoms with E-state index in [-0.39, 0.29) is 6.10 Å². The van der Waals surface area contributed by atoms with E-state index in [1.165, 1.54) is 16.7 Å². The Bertz CT molecular complexity index is 708. The van der Waals surface area contributed by atoms with Crippen LogP contribution in [0, 0.1) is 6.92 Å². The van der Waals surface area contributed by atoms with Gasteiger partial charge in [0, 0.05) is 25.8 Å². The average molecular weight is 341 g/mol. The summed E-state index contributed by atoms with van der Waals surface area (Å²) in [4.78, 5) is 2.27. The van der Waals surface area contributed by atoms with Gasteiger partial charge in [-0.15, -0.1) is 0 Å². The molecule has 2 aromatic rings. The SMILES string of the molecule is Cc1cnn(C2CN(C[C@@H](O)CO[C@@H]3CCCc4ccccc43)C2)c1. The molecular weight excluding hydrogens is 314 g/mol. The number of hydrogen-bond donors (Lipinski definition) is 1. The second kappa shape index (κ2) is 7.28. The van der Waals surface area contributed by atoms with Crippen LogP contribution in [-0.2, 0) is 11.2 Å². The van der Waals surface area contributed by atoms with Gasteiger partial charge in [-0.25, -0.2) is 0 Å². The zero-order valence-corrected chi connectivity index (χ0v) is 14.8. The van der Waals surface area contributed by atoms with Gasteiger partial charge >= 0.3 is 0 Å². The molecular formula is C20H27N3O2. The van der Waals surface area contributed by atoms with Crippen LogP contribution in [-0.4, -0.2) is 52.1 Å². The molecule has 2 heterocycles. The molecule has 0 radical (unpaired) electrons. The molecule has 0 saturated carbocycles. The molecule has 2 aliphatic rings. The van der Waals surface area contributed by atoms with Crippen LogP contribution in [0.4, 0.5) is 0 Å². The summed E-state index contributed by atoms with van der Waals surface area (Å²) in [5, 5.41) is 14.7. The third-order valence-electron chi connectivity index (χ3n) is 5.32. The van der Waals surface area contributed by atoms with E-state index in [1.807, 2.05) is 10.9 Å². The van der Waals surface area contributed by atoms with Crippen molar-refractivity contribution in [2.75, 3.05) is 26.2 Å². The Morgan fingerprint density at radius 3 is 2.96 bits per heavy atom. The smallest absolute Gasteiger partial charge is 0.0900 e. The van der Waals surface area contributed by atoms with Gasteiger partial charge in [-0.05, 0) is 42.9 Å². The van der Waals surface area contributed by atoms with Crippen molar-refractivity contribution in [3.05, 3.63) is 53.3 Å². The highest BCUT2D eigenvalue weighted by Gasteiger charge is 2.30. The number of nitrogens with zero attached hydrogens (tertiary/aromatic N) is 3. The van der Waals surface area contributed by atoms with Gasteiger partial charge < -0.3 is 9.84 Å². The van der Waals surface area contributed by atoms with Crippen LogP contribution in [0.25, 0.3) is 0 Å². The van der Waals surface area contributed by atoms with Gasteiger partial charge in [0.2, 0.25) is 0 Å². The van der Waals surface area contributed by atoms with E-state index in [0.29, 0.717) is 19.2 Å². The van der Waals surface area contributed by atoms with Gasteiger partial charge in [-0.2, -0.15) is 5.10 Å². The Balaban J connectivity index is 1.22. The number of aliphatic hydroxyl groups is 1. The maximum absolute atomic E-state index is 10.3. The summed E-state index contributed by atoms with van der Waals surface area (Å²) in [7, 11) is 0. The number of likely N-dealkylation sites (tertiary alicyclic amines) is 1. The summed E-state index contributed by atoms with van der Waals surface area (Å²) in [6, 6.07) is 8.97. The fourth-order valence-electron chi connectivity index (χ4n) is 3.95. The van der Waals surface area contributed by atoms with E-state index in [1.54, 1.807) is 0 Å². The molecule has 0 unspecified atom stereocenters. The zero-order chi connectivity index (χ0) is 17.2. The van der Waals surface area contributed by atoms with Crippen molar-refractivity contribution in [1.29, 1.82) is 0 Å². The van der Waals surface area contributed by atoms with Gasteiger partial charge in [-0.1, -0.05) is 24.3 Å². The Hall–Kier alpha value is -1.69. The highest BCUT2D eigenvalue weighted by Crippen LogP contribution is 2.32. The largest absolute Gasteiger partial charge is 0.389 e. The molecule has 5 heteroatoms. The number of β-amino-alcohol motifs (C(OH)–C–C–N with tert-alkyl or cyclic N) is 1. The van der Waals surface area contributed by atoms with E-state index < -0.39 is 6.10 Å². The van der Waals surface area contributed by atoms with Gasteiger partial charge in [0.1, 0.15) is 0 Å². The maximum Gasteiger partial charge on any atom is 0.0900 e. The molecule has 1 aromatic heterocycles. The maximum atomic E-state index is 10.3. The lowest BCUT2D eigenvalue weighted by atomic mass is 9.89. The van der Waals surface area contributed by atoms with Crippen LogP contribution in [0.2, 0.25) is 0 Å². The third-order valence-corrected chi connectivity index (χ3v) is 5.32. The number of fused-ring (bicyclic) bond motifs is 1. The minimum Gasteiger partial charge on any atom is -0.389 e. The summed E-state index contributed by atoms with van der Waals surface area (Å²) < 4.78 is 8.10. The number of hydrogen-bond acceptors (Lipinski definition) is 4. The highest BCUT2D eigenvalue weighted by molar-refractivity contribution is 5.31. The summed E-state index contributed by atoms with van der Waals surface area (Å²) in [5.41, 5.74) is 3.90. The van der Waals surface area contributed by atoms with Gasteiger partial charge in [0.25, 0.3) is 0 Å². The highest BCUT2D eigenvalue weighted by atomic mass is 16.5. The molecule has 1 N–H and O–H groups in total. The number of rotatable bonds is 6. The second-order valence-electron chi connectivity index (χ2n) is 7.44. The molecule has 5 nitrogen and oxygen atoms in total. The third kappa shape index (κ3) is 3.78. The summed E-state index contributed by atoms with van der Waals surface area (Å²) >= 11 is 0. The van der Waals surface area contributed by atoms with E-state index in [0.717, 1.165) is 32.4 Å². The zero-order valence-electron chi connectivity index (χ0n) is 14.8. The van der Waals surface area contributed by atoms with Crippen LogP contribution in [0.5, 0.6) is 0 Å². The first-order valence-electron chi connectivity index (χ1n) is 9.29. The minimum atomic E-state index is -0.436. The van der Waals surface area contributed by atoms with Crippen molar-refractivity contribution in [2.24, 2.45) is 0 Å². The minimum absolute atomic E-state index is 0.135. The molecule has 134 valence electrons. The van der Waals surface area contributed by atoms with Gasteiger partial charge in [-0.3, -0.25) is 9.58 Å². The fourth-order valence-corrected chi connectivity index (χ4v) is 3.95. The monoisotopic (exact) mass is 341 g/mol. The fraction of sp³-hybridized carbons (Fsp3) is 0.550. The van der Waals surface area contributed by atoms with Crippen molar-refractivity contribution in [3.8, 4) is 0 Å². The summed E-state index contributed by atoms with van der Waals surface area (Å²) in [6.07, 6.45) is 7.03. The molecule has 1 saturated heterocycles. The lowest BCUT2D eigenvalue weighted by Crippen LogP contribution is -2.51. The summed E-state index contributed by atoms with van der Waals surface area (Å²) in [6.45, 7) is 5.03. The average Bonchev–Trinajstić information content (AvgIpc) is 3.01. The van der Waals surface area contributed by atoms with Gasteiger partial charge in [0.15, 0.2) is 0 Å². The van der Waals surface area contributed by atoms with Crippen LogP contribution >= 0.6 is 0 Å². The number of ether oxygens (including phenoxy) is 1. The molecule has 0 bridgehead atoms. The number of benzene rings is 1. The van der Waals surface area contributed by atoms with Crippen molar-refractivity contribution in [2.45, 2.75) is 44.4 Å². The van der Waals surface area contributed by atoms with Crippen molar-refractivity contribution >= 4 is 0 Å². The van der Waals surface area contributed by atoms with E-state index in [4.69, 9.17) is 4.74 Å². The molecule has 1 aliphatic heterocycles. The first-order valence-corrected chi connectivity index (χ1v) is 9.29. The molecule has 1 aliphatic carbocycles. The second-order valence-corrected chi connectivity index (χ2v) is 7.44. The number of aryl methyl sites for hydroxylation is 2. The molecule has 0 amide bonds. The van der Waals surface area contributed by atoms with Crippen LogP contribution < -0.4 is 0 Å². The first kappa shape index (κ1) is 16.8. The molecule has 4 rings (SSSR count). The Morgan fingerprint density at radius 1 is 1.32 bits per heavy atom. The van der Waals surface area contributed by atoms with Crippen LogP contribution in [0.15, 0.2) is 36.7 Å². The standard InChI is InChI=1S/C20H27N3O2/c1-15-9-21-23(10-15)17-11-22(12-17)13-18(24)14-25-20-8-4-6-16-5-2-3-7-19(16)20/h2-3,5,7,9-10,17-18,20,24H,4,6,8,11-14H2,1H3/t18-,20-/m1/s1. The van der Waals surface area contributed by atoms with Crippen molar-refractivity contribution in [1.82, 2.24) is 14.7 Å². The Kier molecular flexibility index (Phi) is 4.88. The lowest BCUT2D eigenvalue weighted by Gasteiger charge is -2.40. The predicted molar refractivity (Wildman–Crippen MR) is 96.5 cm³/mol. The Morgan fingerprint density at radius 2 is 2.16 bits per heavy atom. The number of aromatic nitrogens is 2. The van der Waals surface area contributed by atoms with Crippen molar-refractivity contribution in [3.63, 3.8) is 0 Å².